The van der Waals surface area contributed by atoms with Gasteiger partial charge in [-0.1, -0.05) is 0 Å². The molecule has 1 heterocycles. The monoisotopic (exact) mass is 251 g/mol. The van der Waals surface area contributed by atoms with Gasteiger partial charge in [-0.2, -0.15) is 0 Å². The summed E-state index contributed by atoms with van der Waals surface area (Å²) in [5.41, 5.74) is 2.72. The maximum absolute atomic E-state index is 4.43. The second-order valence-corrected chi connectivity index (χ2v) is 4.73. The Bertz CT molecular complexity index is 353. The number of rotatable bonds is 4. The molecule has 0 spiro atoms. The van der Waals surface area contributed by atoms with Crippen molar-refractivity contribution in [2.75, 3.05) is 0 Å². The number of hydrogen-bond donors (Lipinski definition) is 0. The van der Waals surface area contributed by atoms with Crippen LogP contribution in [0.5, 0.6) is 0 Å². The molecule has 72 valence electrons. The molecule has 0 aliphatic carbocycles. The van der Waals surface area contributed by atoms with Gasteiger partial charge in [-0.25, -0.2) is 0 Å². The van der Waals surface area contributed by atoms with Crippen LogP contribution in [0.1, 0.15) is 17.7 Å². The van der Waals surface area contributed by atoms with Gasteiger partial charge in [0.15, 0.2) is 0 Å². The van der Waals surface area contributed by atoms with E-state index in [1.165, 1.54) is 24.1 Å². The van der Waals surface area contributed by atoms with Crippen molar-refractivity contribution in [2.24, 2.45) is 0 Å². The molecule has 0 fully saturated rings. The van der Waals surface area contributed by atoms with Crippen LogP contribution >= 0.6 is 0 Å². The number of aromatic nitrogens is 1. The summed E-state index contributed by atoms with van der Waals surface area (Å²) in [6.07, 6.45) is 3.51. The van der Waals surface area contributed by atoms with Crippen molar-refractivity contribution in [3.8, 4) is 0 Å². The molecule has 2 rings (SSSR count). The summed E-state index contributed by atoms with van der Waals surface area (Å²) in [6, 6.07) is 12.8. The zero-order valence-electron chi connectivity index (χ0n) is 8.02. The molecule has 1 aromatic carbocycles. The molecular formula is C12H13NSe. The summed E-state index contributed by atoms with van der Waals surface area (Å²) in [5.74, 6) is 0. The van der Waals surface area contributed by atoms with E-state index in [2.05, 4.69) is 45.3 Å². The van der Waals surface area contributed by atoms with Crippen LogP contribution in [0.25, 0.3) is 0 Å². The Morgan fingerprint density at radius 1 is 1.00 bits per heavy atom. The third-order valence-corrected chi connectivity index (χ3v) is 3.49. The van der Waals surface area contributed by atoms with E-state index in [0.29, 0.717) is 14.7 Å². The first kappa shape index (κ1) is 9.69. The molecule has 0 saturated carbocycles. The van der Waals surface area contributed by atoms with Gasteiger partial charge in [-0.05, 0) is 0 Å². The molecule has 0 atom stereocenters. The summed E-state index contributed by atoms with van der Waals surface area (Å²) in [4.78, 5) is 2.19. The molecule has 14 heavy (non-hydrogen) atoms. The average Bonchev–Trinajstić information content (AvgIpc) is 2.72. The van der Waals surface area contributed by atoms with Crippen LogP contribution in [0, 0.1) is 0 Å². The van der Waals surface area contributed by atoms with E-state index in [1.807, 2.05) is 0 Å². The second kappa shape index (κ2) is 5.14. The molecule has 0 unspecified atom stereocenters. The molecule has 0 N–H and O–H groups in total. The summed E-state index contributed by atoms with van der Waals surface area (Å²) >= 11 is 0.405. The zero-order chi connectivity index (χ0) is 9.64. The zero-order valence-corrected chi connectivity index (χ0v) is 9.73. The Morgan fingerprint density at radius 2 is 1.86 bits per heavy atom. The Labute approximate surface area is 90.8 Å². The van der Waals surface area contributed by atoms with Crippen molar-refractivity contribution >= 4 is 14.7 Å². The minimum absolute atomic E-state index is 0.405. The van der Waals surface area contributed by atoms with Crippen molar-refractivity contribution in [3.05, 3.63) is 52.6 Å². The van der Waals surface area contributed by atoms with Crippen LogP contribution in [0.15, 0.2) is 41.3 Å². The first-order valence-electron chi connectivity index (χ1n) is 4.88. The Hall–Kier alpha value is -0.851. The van der Waals surface area contributed by atoms with Gasteiger partial charge in [0.1, 0.15) is 0 Å². The van der Waals surface area contributed by atoms with E-state index < -0.39 is 0 Å². The van der Waals surface area contributed by atoms with Crippen LogP contribution in [0.3, 0.4) is 0 Å². The molecule has 0 amide bonds. The van der Waals surface area contributed by atoms with Crippen LogP contribution < -0.4 is 0 Å². The van der Waals surface area contributed by atoms with E-state index >= 15 is 0 Å². The van der Waals surface area contributed by atoms with E-state index in [9.17, 15) is 0 Å². The quantitative estimate of drug-likeness (QED) is 0.759. The summed E-state index contributed by atoms with van der Waals surface area (Å²) < 4.78 is 4.43. The first-order valence-corrected chi connectivity index (χ1v) is 6.64. The molecule has 1 nitrogen and oxygen atoms in total. The third kappa shape index (κ3) is 2.83. The van der Waals surface area contributed by atoms with Gasteiger partial charge in [0.25, 0.3) is 0 Å². The number of hydrogen-bond acceptors (Lipinski definition) is 1. The number of aryl methyl sites for hydroxylation is 2. The van der Waals surface area contributed by atoms with Gasteiger partial charge < -0.3 is 0 Å². The Kier molecular flexibility index (Phi) is 3.56. The molecular weight excluding hydrogens is 237 g/mol. The van der Waals surface area contributed by atoms with Gasteiger partial charge in [0.05, 0.1) is 0 Å². The van der Waals surface area contributed by atoms with Crippen molar-refractivity contribution in [3.63, 3.8) is 0 Å². The van der Waals surface area contributed by atoms with Crippen molar-refractivity contribution < 1.29 is 0 Å². The Morgan fingerprint density at radius 3 is 2.57 bits per heavy atom. The normalized spacial score (nSPS) is 10.3. The van der Waals surface area contributed by atoms with Crippen molar-refractivity contribution in [1.82, 2.24) is 3.98 Å². The molecule has 2 heteroatoms. The van der Waals surface area contributed by atoms with Gasteiger partial charge >= 0.3 is 90.6 Å². The molecule has 2 aromatic rings. The van der Waals surface area contributed by atoms with Crippen LogP contribution in [-0.2, 0) is 12.8 Å². The summed E-state index contributed by atoms with van der Waals surface area (Å²) in [7, 11) is 0. The van der Waals surface area contributed by atoms with Crippen LogP contribution in [-0.4, -0.2) is 18.7 Å². The third-order valence-electron chi connectivity index (χ3n) is 2.23. The molecule has 0 radical (unpaired) electrons. The standard InChI is InChI=1S/C12H13NSe/c1-2-5-11(6-3-1)7-4-8-12-9-10-14-13-12/h1-3,5-6,9-10H,4,7-8H2. The summed E-state index contributed by atoms with van der Waals surface area (Å²) in [5, 5.41) is 0. The van der Waals surface area contributed by atoms with Crippen molar-refractivity contribution in [1.29, 1.82) is 0 Å². The Balaban J connectivity index is 1.79. The van der Waals surface area contributed by atoms with Gasteiger partial charge in [-0.15, -0.1) is 0 Å². The minimum atomic E-state index is 0.405. The molecule has 0 bridgehead atoms. The predicted molar refractivity (Wildman–Crippen MR) is 59.6 cm³/mol. The average molecular weight is 250 g/mol. The predicted octanol–water partition coefficient (Wildman–Crippen LogP) is 2.31. The molecule has 0 aliphatic heterocycles. The molecule has 0 saturated heterocycles. The SMILES string of the molecule is c1ccc(CCCc2cc[se]n2)cc1. The topological polar surface area (TPSA) is 12.9 Å². The van der Waals surface area contributed by atoms with Gasteiger partial charge in [0.2, 0.25) is 0 Å². The van der Waals surface area contributed by atoms with E-state index in [1.54, 1.807) is 0 Å². The molecule has 1 aromatic heterocycles. The van der Waals surface area contributed by atoms with E-state index in [0.717, 1.165) is 6.42 Å². The summed E-state index contributed by atoms with van der Waals surface area (Å²) in [6.45, 7) is 0. The fourth-order valence-corrected chi connectivity index (χ4v) is 2.67. The van der Waals surface area contributed by atoms with Gasteiger partial charge in [-0.3, -0.25) is 0 Å². The van der Waals surface area contributed by atoms with Crippen molar-refractivity contribution in [2.45, 2.75) is 19.3 Å². The fourth-order valence-electron chi connectivity index (χ4n) is 1.48. The second-order valence-electron chi connectivity index (χ2n) is 3.33. The van der Waals surface area contributed by atoms with Crippen LogP contribution in [0.4, 0.5) is 0 Å². The van der Waals surface area contributed by atoms with E-state index in [4.69, 9.17) is 0 Å². The van der Waals surface area contributed by atoms with E-state index in [-0.39, 0.29) is 0 Å². The number of nitrogens with zero attached hydrogens (tertiary/aromatic N) is 1. The fraction of sp³-hybridized carbons (Fsp3) is 0.250. The molecule has 0 aliphatic rings. The van der Waals surface area contributed by atoms with Crippen LogP contribution in [0.2, 0.25) is 0 Å². The first-order chi connectivity index (χ1) is 6.95. The maximum atomic E-state index is 4.43. The number of benzene rings is 1. The van der Waals surface area contributed by atoms with Gasteiger partial charge in [0, 0.05) is 0 Å².